The molecule has 0 atom stereocenters. The highest BCUT2D eigenvalue weighted by Crippen LogP contribution is 2.40. The van der Waals surface area contributed by atoms with Crippen LogP contribution in [0.15, 0.2) is 30.3 Å². The Morgan fingerprint density at radius 2 is 1.52 bits per heavy atom. The number of rotatable bonds is 9. The van der Waals surface area contributed by atoms with Crippen LogP contribution in [0, 0.1) is 0 Å². The zero-order chi connectivity index (χ0) is 19.8. The summed E-state index contributed by atoms with van der Waals surface area (Å²) in [6.07, 6.45) is 0.745. The van der Waals surface area contributed by atoms with Crippen LogP contribution < -0.4 is 29.0 Å². The first-order valence-electron chi connectivity index (χ1n) is 8.37. The number of nitrogens with one attached hydrogen (secondary N) is 1. The fourth-order valence-corrected chi connectivity index (χ4v) is 2.72. The quantitative estimate of drug-likeness (QED) is 0.725. The van der Waals surface area contributed by atoms with Gasteiger partial charge in [0.1, 0.15) is 11.5 Å². The Balaban J connectivity index is 2.10. The second-order valence-corrected chi connectivity index (χ2v) is 5.61. The number of hydrogen-bond acceptors (Lipinski definition) is 6. The van der Waals surface area contributed by atoms with E-state index in [0.717, 1.165) is 5.56 Å². The summed E-state index contributed by atoms with van der Waals surface area (Å²) in [5.74, 6) is 2.69. The van der Waals surface area contributed by atoms with E-state index < -0.39 is 0 Å². The lowest BCUT2D eigenvalue weighted by atomic mass is 10.1. The maximum Gasteiger partial charge on any atom is 0.224 e. The number of ether oxygens (including phenoxy) is 5. The lowest BCUT2D eigenvalue weighted by Crippen LogP contribution is -2.13. The number of anilines is 1. The number of aryl methyl sites for hydroxylation is 1. The number of carbonyl (C=O) groups excluding carboxylic acids is 1. The molecule has 1 N–H and O–H groups in total. The van der Waals surface area contributed by atoms with Gasteiger partial charge in [0.05, 0.1) is 41.2 Å². The number of methoxy groups -OCH3 is 5. The highest BCUT2D eigenvalue weighted by molar-refractivity contribution is 5.92. The number of hydrogen-bond donors (Lipinski definition) is 1. The first-order chi connectivity index (χ1) is 13.1. The molecule has 0 aliphatic carbocycles. The summed E-state index contributed by atoms with van der Waals surface area (Å²) in [5.41, 5.74) is 1.44. The van der Waals surface area contributed by atoms with Crippen molar-refractivity contribution in [3.63, 3.8) is 0 Å². The molecule has 1 amide bonds. The zero-order valence-electron chi connectivity index (χ0n) is 16.3. The maximum atomic E-state index is 12.4. The number of carbonyl (C=O) groups is 1. The van der Waals surface area contributed by atoms with Crippen LogP contribution in [0.2, 0.25) is 0 Å². The average molecular weight is 375 g/mol. The van der Waals surface area contributed by atoms with Crippen LogP contribution in [0.4, 0.5) is 5.69 Å². The third-order valence-corrected chi connectivity index (χ3v) is 4.09. The molecule has 0 fully saturated rings. The molecule has 0 unspecified atom stereocenters. The van der Waals surface area contributed by atoms with Gasteiger partial charge in [-0.05, 0) is 30.2 Å². The van der Waals surface area contributed by atoms with Crippen molar-refractivity contribution in [1.82, 2.24) is 0 Å². The summed E-state index contributed by atoms with van der Waals surface area (Å²) >= 11 is 0. The second kappa shape index (κ2) is 9.56. The molecule has 0 radical (unpaired) electrons. The third kappa shape index (κ3) is 4.75. The van der Waals surface area contributed by atoms with Gasteiger partial charge in [0.25, 0.3) is 0 Å². The summed E-state index contributed by atoms with van der Waals surface area (Å²) in [6, 6.07) is 8.87. The molecular weight excluding hydrogens is 350 g/mol. The Bertz CT molecular complexity index is 790. The van der Waals surface area contributed by atoms with E-state index in [1.54, 1.807) is 59.8 Å². The minimum absolute atomic E-state index is 0.143. The molecule has 0 bridgehead atoms. The van der Waals surface area contributed by atoms with Gasteiger partial charge in [-0.3, -0.25) is 4.79 Å². The first-order valence-corrected chi connectivity index (χ1v) is 8.37. The predicted molar refractivity (Wildman–Crippen MR) is 103 cm³/mol. The van der Waals surface area contributed by atoms with Crippen molar-refractivity contribution in [3.05, 3.63) is 35.9 Å². The van der Waals surface area contributed by atoms with Crippen LogP contribution >= 0.6 is 0 Å². The molecule has 0 saturated carbocycles. The van der Waals surface area contributed by atoms with E-state index in [1.165, 1.54) is 0 Å². The summed E-state index contributed by atoms with van der Waals surface area (Å²) in [5, 5.41) is 2.86. The van der Waals surface area contributed by atoms with E-state index in [0.29, 0.717) is 40.9 Å². The van der Waals surface area contributed by atoms with Crippen molar-refractivity contribution < 1.29 is 28.5 Å². The Kier molecular flexibility index (Phi) is 7.16. The second-order valence-electron chi connectivity index (χ2n) is 5.61. The molecule has 0 aliphatic heterocycles. The van der Waals surface area contributed by atoms with Gasteiger partial charge in [-0.15, -0.1) is 0 Å². The molecule has 146 valence electrons. The molecule has 0 spiro atoms. The van der Waals surface area contributed by atoms with E-state index in [4.69, 9.17) is 23.7 Å². The van der Waals surface area contributed by atoms with E-state index in [2.05, 4.69) is 5.32 Å². The van der Waals surface area contributed by atoms with Crippen molar-refractivity contribution in [2.75, 3.05) is 40.9 Å². The highest BCUT2D eigenvalue weighted by Gasteiger charge is 2.17. The van der Waals surface area contributed by atoms with Crippen molar-refractivity contribution in [2.45, 2.75) is 12.8 Å². The van der Waals surface area contributed by atoms with Crippen molar-refractivity contribution in [2.24, 2.45) is 0 Å². The molecule has 0 aliphatic rings. The van der Waals surface area contributed by atoms with Crippen LogP contribution in [0.3, 0.4) is 0 Å². The van der Waals surface area contributed by atoms with Crippen LogP contribution in [-0.4, -0.2) is 41.5 Å². The van der Waals surface area contributed by atoms with E-state index >= 15 is 0 Å². The molecule has 0 aromatic heterocycles. The van der Waals surface area contributed by atoms with Gasteiger partial charge in [0.2, 0.25) is 11.7 Å². The average Bonchev–Trinajstić information content (AvgIpc) is 2.71. The smallest absolute Gasteiger partial charge is 0.224 e. The van der Waals surface area contributed by atoms with Gasteiger partial charge in [-0.1, -0.05) is 6.07 Å². The summed E-state index contributed by atoms with van der Waals surface area (Å²) in [4.78, 5) is 12.4. The molecule has 27 heavy (non-hydrogen) atoms. The molecular formula is C20H25NO6. The third-order valence-electron chi connectivity index (χ3n) is 4.09. The van der Waals surface area contributed by atoms with E-state index in [-0.39, 0.29) is 12.3 Å². The van der Waals surface area contributed by atoms with Gasteiger partial charge < -0.3 is 29.0 Å². The molecule has 0 saturated heterocycles. The fraction of sp³-hybridized carbons (Fsp3) is 0.350. The minimum atomic E-state index is -0.143. The van der Waals surface area contributed by atoms with Gasteiger partial charge in [-0.2, -0.15) is 0 Å². The van der Waals surface area contributed by atoms with Crippen molar-refractivity contribution in [3.8, 4) is 28.7 Å². The van der Waals surface area contributed by atoms with Gasteiger partial charge in [-0.25, -0.2) is 0 Å². The van der Waals surface area contributed by atoms with Gasteiger partial charge in [0.15, 0.2) is 11.5 Å². The summed E-state index contributed by atoms with van der Waals surface area (Å²) < 4.78 is 26.6. The van der Waals surface area contributed by atoms with Crippen LogP contribution in [0.1, 0.15) is 12.0 Å². The van der Waals surface area contributed by atoms with E-state index in [1.807, 2.05) is 6.07 Å². The number of amides is 1. The van der Waals surface area contributed by atoms with Gasteiger partial charge in [0, 0.05) is 12.5 Å². The Labute approximate surface area is 159 Å². The van der Waals surface area contributed by atoms with Crippen molar-refractivity contribution >= 4 is 11.6 Å². The molecule has 2 rings (SSSR count). The molecule has 7 heteroatoms. The Morgan fingerprint density at radius 3 is 2.11 bits per heavy atom. The fourth-order valence-electron chi connectivity index (χ4n) is 2.72. The van der Waals surface area contributed by atoms with E-state index in [9.17, 15) is 4.79 Å². The largest absolute Gasteiger partial charge is 0.497 e. The molecule has 2 aromatic carbocycles. The monoisotopic (exact) mass is 375 g/mol. The summed E-state index contributed by atoms with van der Waals surface area (Å²) in [7, 11) is 7.78. The highest BCUT2D eigenvalue weighted by atomic mass is 16.5. The SMILES string of the molecule is COc1ccc(NC(=O)CCc2ccc(OC)c(OC)c2OC)c(OC)c1. The Morgan fingerprint density at radius 1 is 0.815 bits per heavy atom. The predicted octanol–water partition coefficient (Wildman–Crippen LogP) is 3.30. The lowest BCUT2D eigenvalue weighted by Gasteiger charge is -2.16. The molecule has 0 heterocycles. The Hall–Kier alpha value is -3.09. The molecule has 7 nitrogen and oxygen atoms in total. The summed E-state index contributed by atoms with van der Waals surface area (Å²) in [6.45, 7) is 0. The first kappa shape index (κ1) is 20.2. The lowest BCUT2D eigenvalue weighted by molar-refractivity contribution is -0.116. The topological polar surface area (TPSA) is 75.3 Å². The van der Waals surface area contributed by atoms with Crippen molar-refractivity contribution in [1.29, 1.82) is 0 Å². The zero-order valence-corrected chi connectivity index (χ0v) is 16.3. The van der Waals surface area contributed by atoms with Gasteiger partial charge >= 0.3 is 0 Å². The minimum Gasteiger partial charge on any atom is -0.497 e. The standard InChI is InChI=1S/C20H25NO6/c1-23-14-8-9-15(17(12-14)25-3)21-18(22)11-7-13-6-10-16(24-2)20(27-5)19(13)26-4/h6,8-10,12H,7,11H2,1-5H3,(H,21,22). The normalized spacial score (nSPS) is 10.1. The number of benzene rings is 2. The van der Waals surface area contributed by atoms with Crippen LogP contribution in [0.5, 0.6) is 28.7 Å². The van der Waals surface area contributed by atoms with Crippen LogP contribution in [0.25, 0.3) is 0 Å². The van der Waals surface area contributed by atoms with Crippen LogP contribution in [-0.2, 0) is 11.2 Å². The molecule has 2 aromatic rings. The maximum absolute atomic E-state index is 12.4.